The van der Waals surface area contributed by atoms with E-state index in [4.69, 9.17) is 4.74 Å². The van der Waals surface area contributed by atoms with Crippen LogP contribution in [0.5, 0.6) is 5.75 Å². The lowest BCUT2D eigenvalue weighted by Crippen LogP contribution is -2.33. The quantitative estimate of drug-likeness (QED) is 0.748. The van der Waals surface area contributed by atoms with E-state index in [1.165, 1.54) is 14.0 Å². The summed E-state index contributed by atoms with van der Waals surface area (Å²) in [6.07, 6.45) is -4.22. The number of Topliss-reactive ketones (excluding diaryl/α,β-unsaturated/α-hetero) is 1. The minimum absolute atomic E-state index is 0.0941. The van der Waals surface area contributed by atoms with Gasteiger partial charge < -0.3 is 4.74 Å². The van der Waals surface area contributed by atoms with Gasteiger partial charge in [0.15, 0.2) is 5.78 Å². The maximum absolute atomic E-state index is 12.1. The van der Waals surface area contributed by atoms with Gasteiger partial charge in [-0.05, 0) is 26.1 Å². The standard InChI is InChI=1S/C13H16F3NO2/c1-10(18)11-5-3-4-6-12(11)19-8-7-17(2)9-13(14,15)16/h3-6H,7-9H2,1-2H3. The first kappa shape index (κ1) is 15.5. The highest BCUT2D eigenvalue weighted by molar-refractivity contribution is 5.96. The number of alkyl halides is 3. The number of ketones is 1. The van der Waals surface area contributed by atoms with Gasteiger partial charge in [0.1, 0.15) is 12.4 Å². The van der Waals surface area contributed by atoms with Gasteiger partial charge in [0, 0.05) is 6.54 Å². The van der Waals surface area contributed by atoms with Gasteiger partial charge in [-0.15, -0.1) is 0 Å². The summed E-state index contributed by atoms with van der Waals surface area (Å²) >= 11 is 0. The second-order valence-electron chi connectivity index (χ2n) is 4.25. The van der Waals surface area contributed by atoms with Crippen LogP contribution in [-0.4, -0.2) is 43.6 Å². The fraction of sp³-hybridized carbons (Fsp3) is 0.462. The highest BCUT2D eigenvalue weighted by Gasteiger charge is 2.28. The van der Waals surface area contributed by atoms with Crippen molar-refractivity contribution in [1.29, 1.82) is 0 Å². The molecule has 3 nitrogen and oxygen atoms in total. The lowest BCUT2D eigenvalue weighted by molar-refractivity contribution is -0.143. The van der Waals surface area contributed by atoms with E-state index < -0.39 is 12.7 Å². The number of hydrogen-bond donors (Lipinski definition) is 0. The molecule has 0 unspecified atom stereocenters. The molecule has 0 amide bonds. The van der Waals surface area contributed by atoms with Crippen molar-refractivity contribution in [2.45, 2.75) is 13.1 Å². The Hall–Kier alpha value is -1.56. The Kier molecular flexibility index (Phi) is 5.35. The fourth-order valence-corrected chi connectivity index (χ4v) is 1.58. The zero-order valence-corrected chi connectivity index (χ0v) is 10.8. The Morgan fingerprint density at radius 2 is 1.95 bits per heavy atom. The van der Waals surface area contributed by atoms with Crippen molar-refractivity contribution >= 4 is 5.78 Å². The molecule has 1 aromatic rings. The minimum atomic E-state index is -4.22. The van der Waals surface area contributed by atoms with Crippen molar-refractivity contribution < 1.29 is 22.7 Å². The van der Waals surface area contributed by atoms with E-state index in [0.29, 0.717) is 11.3 Å². The van der Waals surface area contributed by atoms with Gasteiger partial charge >= 0.3 is 6.18 Å². The number of hydrogen-bond acceptors (Lipinski definition) is 3. The first-order valence-corrected chi connectivity index (χ1v) is 5.77. The molecular formula is C13H16F3NO2. The molecule has 6 heteroatoms. The number of halogens is 3. The van der Waals surface area contributed by atoms with Crippen molar-refractivity contribution in [2.24, 2.45) is 0 Å². The average molecular weight is 275 g/mol. The zero-order chi connectivity index (χ0) is 14.5. The minimum Gasteiger partial charge on any atom is -0.491 e. The van der Waals surface area contributed by atoms with E-state index in [-0.39, 0.29) is 18.9 Å². The molecule has 0 aliphatic rings. The molecule has 0 bridgehead atoms. The SMILES string of the molecule is CC(=O)c1ccccc1OCCN(C)CC(F)(F)F. The number of para-hydroxylation sites is 1. The summed E-state index contributed by atoms with van der Waals surface area (Å²) in [5.74, 6) is 0.259. The third kappa shape index (κ3) is 5.74. The van der Waals surface area contributed by atoms with Crippen LogP contribution in [0.2, 0.25) is 0 Å². The summed E-state index contributed by atoms with van der Waals surface area (Å²) < 4.78 is 41.7. The average Bonchev–Trinajstić information content (AvgIpc) is 2.27. The fourth-order valence-electron chi connectivity index (χ4n) is 1.58. The van der Waals surface area contributed by atoms with E-state index >= 15 is 0 Å². The Bertz CT molecular complexity index is 432. The van der Waals surface area contributed by atoms with E-state index in [2.05, 4.69) is 0 Å². The van der Waals surface area contributed by atoms with Crippen molar-refractivity contribution in [2.75, 3.05) is 26.7 Å². The number of ether oxygens (including phenoxy) is 1. The largest absolute Gasteiger partial charge is 0.491 e. The predicted octanol–water partition coefficient (Wildman–Crippen LogP) is 2.76. The van der Waals surface area contributed by atoms with Crippen LogP contribution >= 0.6 is 0 Å². The highest BCUT2D eigenvalue weighted by atomic mass is 19.4. The van der Waals surface area contributed by atoms with Crippen LogP contribution < -0.4 is 4.74 Å². The second-order valence-corrected chi connectivity index (χ2v) is 4.25. The molecule has 0 aliphatic carbocycles. The van der Waals surface area contributed by atoms with Crippen LogP contribution in [0.1, 0.15) is 17.3 Å². The number of nitrogens with zero attached hydrogens (tertiary/aromatic N) is 1. The Balaban J connectivity index is 2.48. The van der Waals surface area contributed by atoms with Crippen molar-refractivity contribution in [3.63, 3.8) is 0 Å². The van der Waals surface area contributed by atoms with Crippen molar-refractivity contribution in [1.82, 2.24) is 4.90 Å². The summed E-state index contributed by atoms with van der Waals surface area (Å²) in [6.45, 7) is 0.658. The molecule has 0 N–H and O–H groups in total. The van der Waals surface area contributed by atoms with E-state index in [1.807, 2.05) is 0 Å². The number of rotatable bonds is 6. The summed E-state index contributed by atoms with van der Waals surface area (Å²) in [5, 5.41) is 0. The van der Waals surface area contributed by atoms with Gasteiger partial charge in [0.05, 0.1) is 12.1 Å². The maximum atomic E-state index is 12.1. The van der Waals surface area contributed by atoms with Gasteiger partial charge in [-0.25, -0.2) is 0 Å². The van der Waals surface area contributed by atoms with Gasteiger partial charge in [-0.3, -0.25) is 9.69 Å². The molecule has 0 saturated carbocycles. The molecule has 19 heavy (non-hydrogen) atoms. The number of benzene rings is 1. The lowest BCUT2D eigenvalue weighted by Gasteiger charge is -2.19. The summed E-state index contributed by atoms with van der Waals surface area (Å²) in [7, 11) is 1.37. The first-order valence-electron chi connectivity index (χ1n) is 5.77. The molecule has 0 saturated heterocycles. The van der Waals surface area contributed by atoms with E-state index in [1.54, 1.807) is 24.3 Å². The van der Waals surface area contributed by atoms with Crippen LogP contribution in [0, 0.1) is 0 Å². The molecule has 0 radical (unpaired) electrons. The maximum Gasteiger partial charge on any atom is 0.401 e. The van der Waals surface area contributed by atoms with Crippen LogP contribution in [0.4, 0.5) is 13.2 Å². The number of likely N-dealkylation sites (N-methyl/N-ethyl adjacent to an activating group) is 1. The molecule has 0 aromatic heterocycles. The van der Waals surface area contributed by atoms with Gasteiger partial charge in [0.2, 0.25) is 0 Å². The van der Waals surface area contributed by atoms with E-state index in [0.717, 1.165) is 4.90 Å². The van der Waals surface area contributed by atoms with Crippen LogP contribution in [-0.2, 0) is 0 Å². The highest BCUT2D eigenvalue weighted by Crippen LogP contribution is 2.19. The van der Waals surface area contributed by atoms with Gasteiger partial charge in [-0.1, -0.05) is 12.1 Å². The molecule has 0 atom stereocenters. The van der Waals surface area contributed by atoms with Crippen molar-refractivity contribution in [3.8, 4) is 5.75 Å². The third-order valence-electron chi connectivity index (χ3n) is 2.45. The number of carbonyl (C=O) groups excluding carboxylic acids is 1. The Labute approximate surface area is 110 Å². The van der Waals surface area contributed by atoms with Gasteiger partial charge in [0.25, 0.3) is 0 Å². The molecular weight excluding hydrogens is 259 g/mol. The predicted molar refractivity (Wildman–Crippen MR) is 65.5 cm³/mol. The Morgan fingerprint density at radius 1 is 1.32 bits per heavy atom. The van der Waals surface area contributed by atoms with Crippen LogP contribution in [0.15, 0.2) is 24.3 Å². The van der Waals surface area contributed by atoms with Crippen LogP contribution in [0.25, 0.3) is 0 Å². The summed E-state index contributed by atoms with van der Waals surface area (Å²) in [5.41, 5.74) is 0.431. The molecule has 1 rings (SSSR count). The molecule has 0 aliphatic heterocycles. The van der Waals surface area contributed by atoms with E-state index in [9.17, 15) is 18.0 Å². The summed E-state index contributed by atoms with van der Waals surface area (Å²) in [4.78, 5) is 12.4. The molecule has 0 spiro atoms. The zero-order valence-electron chi connectivity index (χ0n) is 10.8. The normalized spacial score (nSPS) is 11.7. The lowest BCUT2D eigenvalue weighted by atomic mass is 10.1. The Morgan fingerprint density at radius 3 is 2.53 bits per heavy atom. The topological polar surface area (TPSA) is 29.5 Å². The smallest absolute Gasteiger partial charge is 0.401 e. The molecule has 106 valence electrons. The second kappa shape index (κ2) is 6.56. The van der Waals surface area contributed by atoms with Crippen molar-refractivity contribution in [3.05, 3.63) is 29.8 Å². The monoisotopic (exact) mass is 275 g/mol. The third-order valence-corrected chi connectivity index (χ3v) is 2.45. The van der Waals surface area contributed by atoms with Gasteiger partial charge in [-0.2, -0.15) is 13.2 Å². The molecule has 0 fully saturated rings. The first-order chi connectivity index (χ1) is 8.79. The molecule has 0 heterocycles. The summed E-state index contributed by atoms with van der Waals surface area (Å²) in [6, 6.07) is 6.66. The number of carbonyl (C=O) groups is 1. The van der Waals surface area contributed by atoms with Crippen LogP contribution in [0.3, 0.4) is 0 Å². The molecule has 1 aromatic carbocycles.